The maximum Gasteiger partial charge on any atom is 0.111 e. The number of hydrogen-bond donors (Lipinski definition) is 0. The van der Waals surface area contributed by atoms with Crippen LogP contribution >= 0.6 is 0 Å². The molecule has 46 heavy (non-hydrogen) atoms. The predicted octanol–water partition coefficient (Wildman–Crippen LogP) is 16.2. The molecule has 0 aliphatic rings. The van der Waals surface area contributed by atoms with E-state index < -0.39 is 0 Å². The molecule has 0 N–H and O–H groups in total. The van der Waals surface area contributed by atoms with Crippen molar-refractivity contribution in [1.82, 2.24) is 9.55 Å². The molecule has 0 fully saturated rings. The van der Waals surface area contributed by atoms with Gasteiger partial charge in [0.25, 0.3) is 0 Å². The van der Waals surface area contributed by atoms with Crippen molar-refractivity contribution < 1.29 is 0 Å². The van der Waals surface area contributed by atoms with Gasteiger partial charge in [-0.1, -0.05) is 226 Å². The zero-order valence-electron chi connectivity index (χ0n) is 32.5. The van der Waals surface area contributed by atoms with Crippen LogP contribution in [-0.2, 0) is 0 Å². The molecule has 2 unspecified atom stereocenters. The molecule has 0 saturated heterocycles. The lowest BCUT2D eigenvalue weighted by Gasteiger charge is -2.22. The third-order valence-corrected chi connectivity index (χ3v) is 10.8. The van der Waals surface area contributed by atoms with E-state index in [0.717, 1.165) is 0 Å². The van der Waals surface area contributed by atoms with Crippen molar-refractivity contribution in [2.75, 3.05) is 0 Å². The van der Waals surface area contributed by atoms with Gasteiger partial charge in [0, 0.05) is 24.4 Å². The van der Waals surface area contributed by atoms with Gasteiger partial charge in [0.15, 0.2) is 0 Å². The Hall–Kier alpha value is -0.790. The van der Waals surface area contributed by atoms with Gasteiger partial charge in [-0.25, -0.2) is 4.98 Å². The molecule has 0 aliphatic carbocycles. The lowest BCUT2D eigenvalue weighted by atomic mass is 9.92. The van der Waals surface area contributed by atoms with Crippen LogP contribution in [0.3, 0.4) is 0 Å². The quantitative estimate of drug-likeness (QED) is 0.0660. The Labute approximate surface area is 291 Å². The van der Waals surface area contributed by atoms with Crippen LogP contribution in [0.4, 0.5) is 0 Å². The van der Waals surface area contributed by atoms with E-state index >= 15 is 0 Å². The molecular weight excluding hydrogens is 556 g/mol. The lowest BCUT2D eigenvalue weighted by molar-refractivity contribution is 0.412. The first-order valence-electron chi connectivity index (χ1n) is 21.8. The van der Waals surface area contributed by atoms with Crippen molar-refractivity contribution in [3.8, 4) is 0 Å². The highest BCUT2D eigenvalue weighted by Crippen LogP contribution is 2.31. The first-order chi connectivity index (χ1) is 22.7. The van der Waals surface area contributed by atoms with E-state index in [1.165, 1.54) is 231 Å². The van der Waals surface area contributed by atoms with E-state index in [1.54, 1.807) is 0 Å². The van der Waals surface area contributed by atoms with E-state index in [0.29, 0.717) is 12.0 Å². The number of imidazole rings is 1. The first kappa shape index (κ1) is 43.2. The maximum absolute atomic E-state index is 5.03. The van der Waals surface area contributed by atoms with Crippen molar-refractivity contribution >= 4 is 0 Å². The molecule has 0 aliphatic heterocycles. The minimum atomic E-state index is 0.588. The maximum atomic E-state index is 5.03. The lowest BCUT2D eigenvalue weighted by Crippen LogP contribution is -2.13. The Morgan fingerprint density at radius 3 is 1.02 bits per heavy atom. The van der Waals surface area contributed by atoms with Crippen LogP contribution in [0.15, 0.2) is 12.4 Å². The molecule has 0 amide bonds. The molecular formula is C44H86N2. The number of hydrogen-bond acceptors (Lipinski definition) is 1. The molecule has 1 heterocycles. The van der Waals surface area contributed by atoms with E-state index in [2.05, 4.69) is 44.7 Å². The van der Waals surface area contributed by atoms with Crippen molar-refractivity contribution in [3.05, 3.63) is 18.2 Å². The van der Waals surface area contributed by atoms with Gasteiger partial charge in [-0.2, -0.15) is 0 Å². The Bertz CT molecular complexity index is 709. The van der Waals surface area contributed by atoms with Gasteiger partial charge >= 0.3 is 0 Å². The summed E-state index contributed by atoms with van der Waals surface area (Å²) in [6.45, 7) is 9.39. The Morgan fingerprint density at radius 2 is 0.696 bits per heavy atom. The van der Waals surface area contributed by atoms with Crippen LogP contribution in [0.25, 0.3) is 0 Å². The van der Waals surface area contributed by atoms with Gasteiger partial charge in [0.1, 0.15) is 5.82 Å². The predicted molar refractivity (Wildman–Crippen MR) is 208 cm³/mol. The minimum absolute atomic E-state index is 0.588. The summed E-state index contributed by atoms with van der Waals surface area (Å²) in [6.07, 6.45) is 54.2. The normalized spacial score (nSPS) is 13.0. The van der Waals surface area contributed by atoms with Gasteiger partial charge in [0.05, 0.1) is 0 Å². The number of nitrogens with zero attached hydrogens (tertiary/aromatic N) is 2. The van der Waals surface area contributed by atoms with Gasteiger partial charge in [-0.3, -0.25) is 0 Å². The van der Waals surface area contributed by atoms with Crippen LogP contribution in [0.2, 0.25) is 0 Å². The molecule has 272 valence electrons. The molecule has 0 spiro atoms. The molecule has 2 nitrogen and oxygen atoms in total. The monoisotopic (exact) mass is 643 g/mol. The molecule has 0 bridgehead atoms. The second-order valence-corrected chi connectivity index (χ2v) is 15.4. The second kappa shape index (κ2) is 34.1. The average molecular weight is 643 g/mol. The first-order valence-corrected chi connectivity index (χ1v) is 21.8. The van der Waals surface area contributed by atoms with E-state index in [4.69, 9.17) is 4.98 Å². The molecule has 1 aromatic rings. The van der Waals surface area contributed by atoms with Crippen LogP contribution in [0.1, 0.15) is 270 Å². The van der Waals surface area contributed by atoms with Crippen LogP contribution in [0, 0.1) is 0 Å². The van der Waals surface area contributed by atoms with E-state index in [-0.39, 0.29) is 0 Å². The third-order valence-electron chi connectivity index (χ3n) is 10.8. The summed E-state index contributed by atoms with van der Waals surface area (Å²) in [5, 5.41) is 0. The van der Waals surface area contributed by atoms with Gasteiger partial charge in [-0.05, 0) is 26.2 Å². The molecule has 0 radical (unpaired) electrons. The smallest absolute Gasteiger partial charge is 0.111 e. The van der Waals surface area contributed by atoms with Crippen LogP contribution < -0.4 is 0 Å². The van der Waals surface area contributed by atoms with Gasteiger partial charge < -0.3 is 4.57 Å². The van der Waals surface area contributed by atoms with Gasteiger partial charge in [0.2, 0.25) is 0 Å². The summed E-state index contributed by atoms with van der Waals surface area (Å²) in [5.74, 6) is 2.07. The fourth-order valence-corrected chi connectivity index (χ4v) is 7.59. The van der Waals surface area contributed by atoms with E-state index in [1.807, 2.05) is 0 Å². The molecule has 2 heteroatoms. The summed E-state index contributed by atoms with van der Waals surface area (Å²) < 4.78 is 2.58. The largest absolute Gasteiger partial charge is 0.332 e. The molecule has 0 aromatic carbocycles. The summed E-state index contributed by atoms with van der Waals surface area (Å²) >= 11 is 0. The Morgan fingerprint density at radius 1 is 0.413 bits per heavy atom. The highest BCUT2D eigenvalue weighted by molar-refractivity contribution is 5.02. The average Bonchev–Trinajstić information content (AvgIpc) is 3.56. The zero-order valence-corrected chi connectivity index (χ0v) is 32.5. The highest BCUT2D eigenvalue weighted by atomic mass is 15.1. The standard InChI is InChI=1S/C44H86N2/c1-5-8-11-14-17-19-21-22-23-24-26-28-30-33-36-39-43(38-35-32-29-27-25-20-18-15-12-9-6-2)44-45-40-41-46(44)42(4)37-34-31-16-13-10-7-3/h40-43H,5-39H2,1-4H3. The number of unbranched alkanes of at least 4 members (excludes halogenated alkanes) is 29. The molecule has 1 aromatic heterocycles. The van der Waals surface area contributed by atoms with Crippen LogP contribution in [0.5, 0.6) is 0 Å². The Balaban J connectivity index is 2.36. The van der Waals surface area contributed by atoms with Crippen molar-refractivity contribution in [3.63, 3.8) is 0 Å². The third kappa shape index (κ3) is 25.3. The Kier molecular flexibility index (Phi) is 32.0. The highest BCUT2D eigenvalue weighted by Gasteiger charge is 2.19. The van der Waals surface area contributed by atoms with Gasteiger partial charge in [-0.15, -0.1) is 0 Å². The second-order valence-electron chi connectivity index (χ2n) is 15.4. The SMILES string of the molecule is CCCCCCCCCCCCCCCCCC(CCCCCCCCCCCCC)c1nccn1C(C)CCCCCCCC. The van der Waals surface area contributed by atoms with Crippen molar-refractivity contribution in [2.24, 2.45) is 0 Å². The zero-order chi connectivity index (χ0) is 33.2. The fraction of sp³-hybridized carbons (Fsp3) is 0.932. The van der Waals surface area contributed by atoms with Crippen molar-refractivity contribution in [1.29, 1.82) is 0 Å². The molecule has 2 atom stereocenters. The summed E-state index contributed by atoms with van der Waals surface area (Å²) in [6, 6.07) is 0.588. The molecule has 1 rings (SSSR count). The topological polar surface area (TPSA) is 17.8 Å². The number of aromatic nitrogens is 2. The summed E-state index contributed by atoms with van der Waals surface area (Å²) in [4.78, 5) is 5.03. The number of rotatable bonds is 37. The van der Waals surface area contributed by atoms with Crippen LogP contribution in [-0.4, -0.2) is 9.55 Å². The fourth-order valence-electron chi connectivity index (χ4n) is 7.59. The van der Waals surface area contributed by atoms with Crippen molar-refractivity contribution in [2.45, 2.75) is 264 Å². The molecule has 0 saturated carbocycles. The summed E-state index contributed by atoms with van der Waals surface area (Å²) in [7, 11) is 0. The summed E-state index contributed by atoms with van der Waals surface area (Å²) in [5.41, 5.74) is 0. The minimum Gasteiger partial charge on any atom is -0.332 e. The van der Waals surface area contributed by atoms with E-state index in [9.17, 15) is 0 Å².